The lowest BCUT2D eigenvalue weighted by atomic mass is 9.43. The number of methoxy groups -OCH3 is 1. The minimum absolute atomic E-state index is 0.168. The highest BCUT2D eigenvalue weighted by Crippen LogP contribution is 2.68. The topological polar surface area (TPSA) is 46.5 Å². The van der Waals surface area contributed by atoms with E-state index in [0.29, 0.717) is 35.4 Å². The predicted molar refractivity (Wildman–Crippen MR) is 103 cm³/mol. The molecule has 26 heavy (non-hydrogen) atoms. The third-order valence-electron chi connectivity index (χ3n) is 9.45. The number of rotatable bonds is 3. The number of ketones is 1. The van der Waals surface area contributed by atoms with Crippen LogP contribution < -0.4 is 0 Å². The van der Waals surface area contributed by atoms with Crippen LogP contribution >= 0.6 is 0 Å². The zero-order valence-electron chi connectivity index (χ0n) is 16.7. The van der Waals surface area contributed by atoms with E-state index in [4.69, 9.17) is 4.74 Å². The van der Waals surface area contributed by atoms with Crippen molar-refractivity contribution < 1.29 is 14.6 Å². The average Bonchev–Trinajstić information content (AvgIpc) is 3.02. The highest BCUT2D eigenvalue weighted by Gasteiger charge is 2.64. The molecule has 3 unspecified atom stereocenters. The van der Waals surface area contributed by atoms with Gasteiger partial charge in [-0.3, -0.25) is 4.79 Å². The average molecular weight is 361 g/mol. The molecule has 4 aliphatic rings. The maximum atomic E-state index is 12.9. The third kappa shape index (κ3) is 2.35. The molecule has 4 aliphatic carbocycles. The van der Waals surface area contributed by atoms with Crippen LogP contribution in [-0.2, 0) is 9.53 Å². The fourth-order valence-electron chi connectivity index (χ4n) is 8.25. The summed E-state index contributed by atoms with van der Waals surface area (Å²) in [7, 11) is 1.84. The molecule has 0 bridgehead atoms. The molecular formula is C23H36O3. The quantitative estimate of drug-likeness (QED) is 0.760. The number of fused-ring (bicyclic) bond motifs is 5. The first-order valence-corrected chi connectivity index (χ1v) is 10.7. The Morgan fingerprint density at radius 2 is 1.88 bits per heavy atom. The van der Waals surface area contributed by atoms with Crippen molar-refractivity contribution in [2.24, 2.45) is 40.4 Å². The molecule has 9 atom stereocenters. The van der Waals surface area contributed by atoms with Crippen molar-refractivity contribution >= 4 is 5.78 Å². The summed E-state index contributed by atoms with van der Waals surface area (Å²) < 4.78 is 6.00. The fourth-order valence-corrected chi connectivity index (χ4v) is 8.25. The van der Waals surface area contributed by atoms with Crippen molar-refractivity contribution in [3.05, 3.63) is 12.7 Å². The van der Waals surface area contributed by atoms with Crippen LogP contribution in [0.25, 0.3) is 0 Å². The summed E-state index contributed by atoms with van der Waals surface area (Å²) in [5, 5.41) is 10.3. The van der Waals surface area contributed by atoms with Crippen molar-refractivity contribution in [2.75, 3.05) is 7.11 Å². The van der Waals surface area contributed by atoms with E-state index in [-0.39, 0.29) is 23.0 Å². The van der Waals surface area contributed by atoms with Crippen LogP contribution in [0, 0.1) is 40.4 Å². The Hall–Kier alpha value is -0.670. The Morgan fingerprint density at radius 1 is 1.12 bits per heavy atom. The summed E-state index contributed by atoms with van der Waals surface area (Å²) in [4.78, 5) is 12.9. The number of allylic oxidation sites excluding steroid dienone is 1. The van der Waals surface area contributed by atoms with E-state index < -0.39 is 0 Å². The molecule has 0 aliphatic heterocycles. The molecule has 3 nitrogen and oxygen atoms in total. The van der Waals surface area contributed by atoms with Gasteiger partial charge in [-0.15, -0.1) is 6.58 Å². The van der Waals surface area contributed by atoms with Crippen molar-refractivity contribution in [1.82, 2.24) is 0 Å². The summed E-state index contributed by atoms with van der Waals surface area (Å²) in [6.45, 7) is 8.37. The summed E-state index contributed by atoms with van der Waals surface area (Å²) in [5.41, 5.74) is 0.0800. The van der Waals surface area contributed by atoms with Gasteiger partial charge >= 0.3 is 0 Å². The Bertz CT molecular complexity index is 586. The number of hydrogen-bond donors (Lipinski definition) is 1. The second-order valence-electron chi connectivity index (χ2n) is 9.98. The van der Waals surface area contributed by atoms with Crippen molar-refractivity contribution in [2.45, 2.75) is 77.4 Å². The van der Waals surface area contributed by atoms with Crippen molar-refractivity contribution in [3.8, 4) is 0 Å². The number of Topliss-reactive ketones (excluding diaryl/α,β-unsaturated/α-hetero) is 1. The lowest BCUT2D eigenvalue weighted by molar-refractivity contribution is -0.182. The molecule has 4 fully saturated rings. The number of hydrogen-bond acceptors (Lipinski definition) is 3. The third-order valence-corrected chi connectivity index (χ3v) is 9.45. The van der Waals surface area contributed by atoms with Crippen LogP contribution in [0.4, 0.5) is 0 Å². The largest absolute Gasteiger partial charge is 0.393 e. The van der Waals surface area contributed by atoms with E-state index in [1.165, 1.54) is 0 Å². The number of carbonyl (C=O) groups is 1. The first-order valence-electron chi connectivity index (χ1n) is 10.7. The summed E-state index contributed by atoms with van der Waals surface area (Å²) in [5.74, 6) is 2.95. The smallest absolute Gasteiger partial charge is 0.136 e. The van der Waals surface area contributed by atoms with Crippen LogP contribution in [0.2, 0.25) is 0 Å². The van der Waals surface area contributed by atoms with Gasteiger partial charge in [0.15, 0.2) is 0 Å². The highest BCUT2D eigenvalue weighted by molar-refractivity contribution is 5.84. The normalized spacial score (nSPS) is 53.3. The SMILES string of the molecule is C=C[C@H]1CCC2C3C[C@@H](OC)[C@H]4C[C@H](O)CC[C@]4(C)C3CC[C@]21C(C)=O. The van der Waals surface area contributed by atoms with E-state index in [1.54, 1.807) is 0 Å². The van der Waals surface area contributed by atoms with Gasteiger partial charge < -0.3 is 9.84 Å². The molecule has 0 aromatic carbocycles. The molecule has 3 heteroatoms. The van der Waals surface area contributed by atoms with E-state index in [1.807, 2.05) is 14.0 Å². The number of aliphatic hydroxyl groups excluding tert-OH is 1. The zero-order valence-corrected chi connectivity index (χ0v) is 16.7. The lowest BCUT2D eigenvalue weighted by Crippen LogP contribution is -2.59. The standard InChI is InChI=1S/C23H36O3/c1-5-15-6-7-19-17-13-21(26-4)20-12-16(25)8-10-22(20,3)18(17)9-11-23(15,19)14(2)24/h5,15-21,25H,1,6-13H2,2-4H3/t15-,16+,17?,18?,19?,20+,21+,22+,23+/m0/s1. The van der Waals surface area contributed by atoms with Gasteiger partial charge in [-0.1, -0.05) is 13.0 Å². The molecule has 0 aromatic heterocycles. The van der Waals surface area contributed by atoms with Gasteiger partial charge in [0, 0.05) is 12.5 Å². The molecule has 0 spiro atoms. The molecule has 0 saturated heterocycles. The van der Waals surface area contributed by atoms with Gasteiger partial charge in [0.25, 0.3) is 0 Å². The number of ether oxygens (including phenoxy) is 1. The van der Waals surface area contributed by atoms with Gasteiger partial charge in [-0.05, 0) is 93.3 Å². The van der Waals surface area contributed by atoms with E-state index >= 15 is 0 Å². The van der Waals surface area contributed by atoms with Crippen LogP contribution in [0.3, 0.4) is 0 Å². The predicted octanol–water partition coefficient (Wildman–Crippen LogP) is 4.39. The first kappa shape index (κ1) is 18.7. The second-order valence-corrected chi connectivity index (χ2v) is 9.98. The van der Waals surface area contributed by atoms with Gasteiger partial charge in [-0.25, -0.2) is 0 Å². The zero-order chi connectivity index (χ0) is 18.7. The summed E-state index contributed by atoms with van der Waals surface area (Å²) >= 11 is 0. The molecule has 0 radical (unpaired) electrons. The summed E-state index contributed by atoms with van der Waals surface area (Å²) in [6, 6.07) is 0. The summed E-state index contributed by atoms with van der Waals surface area (Å²) in [6.07, 6.45) is 10.6. The molecule has 0 amide bonds. The molecule has 1 N–H and O–H groups in total. The second kappa shape index (κ2) is 6.44. The van der Waals surface area contributed by atoms with Crippen LogP contribution in [-0.4, -0.2) is 30.2 Å². The minimum Gasteiger partial charge on any atom is -0.393 e. The lowest BCUT2D eigenvalue weighted by Gasteiger charge is -2.62. The molecular weight excluding hydrogens is 324 g/mol. The van der Waals surface area contributed by atoms with Gasteiger partial charge in [0.2, 0.25) is 0 Å². The monoisotopic (exact) mass is 360 g/mol. The molecule has 146 valence electrons. The van der Waals surface area contributed by atoms with Gasteiger partial charge in [0.1, 0.15) is 5.78 Å². The Labute approximate surface area is 158 Å². The number of aliphatic hydroxyl groups is 1. The van der Waals surface area contributed by atoms with E-state index in [0.717, 1.165) is 51.4 Å². The van der Waals surface area contributed by atoms with Crippen LogP contribution in [0.5, 0.6) is 0 Å². The Balaban J connectivity index is 1.72. The van der Waals surface area contributed by atoms with Gasteiger partial charge in [-0.2, -0.15) is 0 Å². The molecule has 4 rings (SSSR count). The minimum atomic E-state index is -0.168. The van der Waals surface area contributed by atoms with E-state index in [9.17, 15) is 9.90 Å². The maximum Gasteiger partial charge on any atom is 0.136 e. The first-order chi connectivity index (χ1) is 12.4. The number of carbonyl (C=O) groups excluding carboxylic acids is 1. The van der Waals surface area contributed by atoms with Crippen LogP contribution in [0.15, 0.2) is 12.7 Å². The highest BCUT2D eigenvalue weighted by atomic mass is 16.5. The molecule has 4 saturated carbocycles. The van der Waals surface area contributed by atoms with Crippen molar-refractivity contribution in [3.63, 3.8) is 0 Å². The van der Waals surface area contributed by atoms with Crippen molar-refractivity contribution in [1.29, 1.82) is 0 Å². The molecule has 0 aromatic rings. The fraction of sp³-hybridized carbons (Fsp3) is 0.870. The Kier molecular flexibility index (Phi) is 4.63. The maximum absolute atomic E-state index is 12.9. The van der Waals surface area contributed by atoms with E-state index in [2.05, 4.69) is 19.6 Å². The Morgan fingerprint density at radius 3 is 2.54 bits per heavy atom. The molecule has 0 heterocycles. The van der Waals surface area contributed by atoms with Crippen LogP contribution in [0.1, 0.15) is 65.2 Å². The van der Waals surface area contributed by atoms with Gasteiger partial charge in [0.05, 0.1) is 12.2 Å².